The second-order valence-corrected chi connectivity index (χ2v) is 6.42. The number of hydrogen-bond donors (Lipinski definition) is 1. The molecule has 0 unspecified atom stereocenters. The van der Waals surface area contributed by atoms with E-state index < -0.39 is 17.2 Å². The van der Waals surface area contributed by atoms with Gasteiger partial charge in [-0.25, -0.2) is 9.97 Å². The fourth-order valence-corrected chi connectivity index (χ4v) is 3.11. The molecule has 2 heterocycles. The molecule has 3 rings (SSSR count). The SMILES string of the molecule is FC(F)(F)c1cc(NC2CCN(Cc3ccccc3)CC2)nc(Cl)n1. The molecule has 25 heavy (non-hydrogen) atoms. The molecular formula is C17H18ClF3N4. The van der Waals surface area contributed by atoms with Crippen molar-refractivity contribution >= 4 is 17.4 Å². The number of piperidine rings is 1. The van der Waals surface area contributed by atoms with Gasteiger partial charge in [0.1, 0.15) is 5.82 Å². The average molecular weight is 371 g/mol. The van der Waals surface area contributed by atoms with Gasteiger partial charge in [-0.2, -0.15) is 13.2 Å². The van der Waals surface area contributed by atoms with Crippen LogP contribution in [-0.2, 0) is 12.7 Å². The van der Waals surface area contributed by atoms with Gasteiger partial charge in [0.25, 0.3) is 0 Å². The summed E-state index contributed by atoms with van der Waals surface area (Å²) < 4.78 is 38.4. The van der Waals surface area contributed by atoms with Crippen molar-refractivity contribution in [2.24, 2.45) is 0 Å². The van der Waals surface area contributed by atoms with Crippen LogP contribution in [0.2, 0.25) is 5.28 Å². The monoisotopic (exact) mass is 370 g/mol. The fourth-order valence-electron chi connectivity index (χ4n) is 2.92. The van der Waals surface area contributed by atoms with Crippen molar-refractivity contribution in [2.75, 3.05) is 18.4 Å². The maximum absolute atomic E-state index is 12.8. The first-order chi connectivity index (χ1) is 11.9. The predicted octanol–water partition coefficient (Wildman–Crippen LogP) is 4.23. The molecule has 1 aromatic carbocycles. The largest absolute Gasteiger partial charge is 0.433 e. The number of halogens is 4. The Morgan fingerprint density at radius 1 is 1.12 bits per heavy atom. The lowest BCUT2D eigenvalue weighted by Gasteiger charge is -2.32. The van der Waals surface area contributed by atoms with Crippen LogP contribution in [0.15, 0.2) is 36.4 Å². The van der Waals surface area contributed by atoms with E-state index in [1.807, 2.05) is 18.2 Å². The lowest BCUT2D eigenvalue weighted by Crippen LogP contribution is -2.38. The van der Waals surface area contributed by atoms with E-state index in [4.69, 9.17) is 11.6 Å². The van der Waals surface area contributed by atoms with Gasteiger partial charge in [0, 0.05) is 31.7 Å². The Morgan fingerprint density at radius 3 is 2.44 bits per heavy atom. The lowest BCUT2D eigenvalue weighted by molar-refractivity contribution is -0.141. The minimum atomic E-state index is -4.54. The zero-order valence-corrected chi connectivity index (χ0v) is 14.2. The number of aromatic nitrogens is 2. The quantitative estimate of drug-likeness (QED) is 0.818. The van der Waals surface area contributed by atoms with E-state index in [0.29, 0.717) is 0 Å². The summed E-state index contributed by atoms with van der Waals surface area (Å²) >= 11 is 5.62. The summed E-state index contributed by atoms with van der Waals surface area (Å²) in [6, 6.07) is 11.2. The zero-order valence-electron chi connectivity index (χ0n) is 13.4. The smallest absolute Gasteiger partial charge is 0.367 e. The average Bonchev–Trinajstić information content (AvgIpc) is 2.56. The third-order valence-corrected chi connectivity index (χ3v) is 4.35. The maximum atomic E-state index is 12.8. The molecule has 1 fully saturated rings. The Morgan fingerprint density at radius 2 is 1.80 bits per heavy atom. The minimum absolute atomic E-state index is 0.0686. The summed E-state index contributed by atoms with van der Waals surface area (Å²) in [7, 11) is 0. The highest BCUT2D eigenvalue weighted by Gasteiger charge is 2.34. The molecule has 1 saturated heterocycles. The highest BCUT2D eigenvalue weighted by molar-refractivity contribution is 6.28. The van der Waals surface area contributed by atoms with E-state index >= 15 is 0 Å². The first-order valence-electron chi connectivity index (χ1n) is 8.05. The molecule has 0 atom stereocenters. The van der Waals surface area contributed by atoms with E-state index in [1.165, 1.54) is 5.56 Å². The van der Waals surface area contributed by atoms with E-state index in [-0.39, 0.29) is 11.9 Å². The molecule has 1 aromatic heterocycles. The van der Waals surface area contributed by atoms with Gasteiger partial charge in [0.05, 0.1) is 0 Å². The molecule has 0 saturated carbocycles. The van der Waals surface area contributed by atoms with Crippen LogP contribution in [0, 0.1) is 0 Å². The minimum Gasteiger partial charge on any atom is -0.367 e. The van der Waals surface area contributed by atoms with Crippen molar-refractivity contribution in [3.63, 3.8) is 0 Å². The van der Waals surface area contributed by atoms with Crippen LogP contribution in [0.25, 0.3) is 0 Å². The standard InChI is InChI=1S/C17H18ClF3N4/c18-16-23-14(17(19,20)21)10-15(24-16)22-13-6-8-25(9-7-13)11-12-4-2-1-3-5-12/h1-5,10,13H,6-9,11H2,(H,22,23,24). The number of rotatable bonds is 4. The molecule has 0 radical (unpaired) electrons. The van der Waals surface area contributed by atoms with Crippen LogP contribution in [-0.4, -0.2) is 34.0 Å². The zero-order chi connectivity index (χ0) is 17.9. The van der Waals surface area contributed by atoms with Gasteiger partial charge >= 0.3 is 6.18 Å². The number of anilines is 1. The summed E-state index contributed by atoms with van der Waals surface area (Å²) in [5.74, 6) is 0.119. The van der Waals surface area contributed by atoms with Crippen LogP contribution in [0.1, 0.15) is 24.1 Å². The molecule has 4 nitrogen and oxygen atoms in total. The van der Waals surface area contributed by atoms with E-state index in [1.54, 1.807) is 0 Å². The number of benzene rings is 1. The highest BCUT2D eigenvalue weighted by Crippen LogP contribution is 2.30. The molecule has 2 aromatic rings. The topological polar surface area (TPSA) is 41.0 Å². The van der Waals surface area contributed by atoms with Crippen LogP contribution in [0.4, 0.5) is 19.0 Å². The van der Waals surface area contributed by atoms with Crippen LogP contribution < -0.4 is 5.32 Å². The molecule has 0 aliphatic carbocycles. The van der Waals surface area contributed by atoms with Crippen molar-refractivity contribution in [3.05, 3.63) is 52.9 Å². The third kappa shape index (κ3) is 5.06. The van der Waals surface area contributed by atoms with Gasteiger partial charge in [0.2, 0.25) is 5.28 Å². The Bertz CT molecular complexity index is 701. The predicted molar refractivity (Wildman–Crippen MR) is 90.4 cm³/mol. The number of nitrogens with zero attached hydrogens (tertiary/aromatic N) is 3. The van der Waals surface area contributed by atoms with Crippen molar-refractivity contribution in [2.45, 2.75) is 31.6 Å². The Hall–Kier alpha value is -1.86. The summed E-state index contributed by atoms with van der Waals surface area (Å²) in [5.41, 5.74) is 0.225. The Labute approximate surface area is 149 Å². The number of hydrogen-bond acceptors (Lipinski definition) is 4. The molecule has 1 aliphatic heterocycles. The summed E-state index contributed by atoms with van der Waals surface area (Å²) in [4.78, 5) is 9.43. The number of likely N-dealkylation sites (tertiary alicyclic amines) is 1. The maximum Gasteiger partial charge on any atom is 0.433 e. The Kier molecular flexibility index (Phi) is 5.44. The molecule has 0 bridgehead atoms. The second kappa shape index (κ2) is 7.58. The highest BCUT2D eigenvalue weighted by atomic mass is 35.5. The van der Waals surface area contributed by atoms with E-state index in [2.05, 4.69) is 32.3 Å². The van der Waals surface area contributed by atoms with Crippen LogP contribution in [0.5, 0.6) is 0 Å². The summed E-state index contributed by atoms with van der Waals surface area (Å²) in [5, 5.41) is 2.65. The van der Waals surface area contributed by atoms with Crippen LogP contribution in [0.3, 0.4) is 0 Å². The van der Waals surface area contributed by atoms with Gasteiger partial charge in [-0.05, 0) is 30.0 Å². The molecule has 1 N–H and O–H groups in total. The third-order valence-electron chi connectivity index (χ3n) is 4.18. The fraction of sp³-hybridized carbons (Fsp3) is 0.412. The van der Waals surface area contributed by atoms with Crippen molar-refractivity contribution < 1.29 is 13.2 Å². The van der Waals surface area contributed by atoms with Crippen molar-refractivity contribution in [1.82, 2.24) is 14.9 Å². The normalized spacial score (nSPS) is 16.8. The molecule has 0 spiro atoms. The number of nitrogens with one attached hydrogen (secondary N) is 1. The Balaban J connectivity index is 1.56. The van der Waals surface area contributed by atoms with E-state index in [9.17, 15) is 13.2 Å². The van der Waals surface area contributed by atoms with Crippen molar-refractivity contribution in [1.29, 1.82) is 0 Å². The van der Waals surface area contributed by atoms with Gasteiger partial charge < -0.3 is 5.32 Å². The first-order valence-corrected chi connectivity index (χ1v) is 8.42. The summed E-state index contributed by atoms with van der Waals surface area (Å²) in [6.07, 6.45) is -2.88. The molecular weight excluding hydrogens is 353 g/mol. The van der Waals surface area contributed by atoms with Crippen molar-refractivity contribution in [3.8, 4) is 0 Å². The van der Waals surface area contributed by atoms with Gasteiger partial charge in [-0.15, -0.1) is 0 Å². The van der Waals surface area contributed by atoms with Gasteiger partial charge in [-0.1, -0.05) is 30.3 Å². The van der Waals surface area contributed by atoms with Gasteiger partial charge in [0.15, 0.2) is 5.69 Å². The van der Waals surface area contributed by atoms with E-state index in [0.717, 1.165) is 38.5 Å². The number of alkyl halides is 3. The molecule has 8 heteroatoms. The first kappa shape index (κ1) is 17.9. The lowest BCUT2D eigenvalue weighted by atomic mass is 10.0. The van der Waals surface area contributed by atoms with Gasteiger partial charge in [-0.3, -0.25) is 4.90 Å². The van der Waals surface area contributed by atoms with Crippen LogP contribution >= 0.6 is 11.6 Å². The second-order valence-electron chi connectivity index (χ2n) is 6.09. The molecule has 1 aliphatic rings. The molecule has 0 amide bonds. The molecule has 134 valence electrons. The summed E-state index contributed by atoms with van der Waals surface area (Å²) in [6.45, 7) is 2.63.